The summed E-state index contributed by atoms with van der Waals surface area (Å²) in [5.74, 6) is -2.35. The zero-order valence-electron chi connectivity index (χ0n) is 9.91. The van der Waals surface area contributed by atoms with E-state index < -0.39 is 5.92 Å². The Balaban J connectivity index is 1.91. The molecule has 3 atom stereocenters. The van der Waals surface area contributed by atoms with Gasteiger partial charge in [0.05, 0.1) is 6.61 Å². The van der Waals surface area contributed by atoms with Gasteiger partial charge in [-0.2, -0.15) is 0 Å². The van der Waals surface area contributed by atoms with Crippen molar-refractivity contribution in [3.05, 3.63) is 34.3 Å². The molecular formula is C14H15BrF2O. The maximum Gasteiger partial charge on any atom is 0.249 e. The lowest BCUT2D eigenvalue weighted by molar-refractivity contribution is -0.0695. The van der Waals surface area contributed by atoms with Gasteiger partial charge in [-0.15, -0.1) is 0 Å². The van der Waals surface area contributed by atoms with Crippen LogP contribution in [0.15, 0.2) is 28.7 Å². The van der Waals surface area contributed by atoms with Gasteiger partial charge in [-0.1, -0.05) is 28.1 Å². The summed E-state index contributed by atoms with van der Waals surface area (Å²) < 4.78 is 34.0. The van der Waals surface area contributed by atoms with Gasteiger partial charge in [0, 0.05) is 23.9 Å². The quantitative estimate of drug-likeness (QED) is 0.753. The minimum atomic E-state index is -2.55. The third kappa shape index (κ3) is 2.32. The van der Waals surface area contributed by atoms with Gasteiger partial charge in [0.2, 0.25) is 5.92 Å². The van der Waals surface area contributed by atoms with E-state index in [9.17, 15) is 8.78 Å². The Kier molecular flexibility index (Phi) is 3.18. The Labute approximate surface area is 114 Å². The van der Waals surface area contributed by atoms with Gasteiger partial charge in [0.15, 0.2) is 0 Å². The van der Waals surface area contributed by atoms with Crippen LogP contribution in [-0.2, 0) is 4.74 Å². The molecule has 1 saturated carbocycles. The summed E-state index contributed by atoms with van der Waals surface area (Å²) >= 11 is 3.38. The molecule has 1 nitrogen and oxygen atoms in total. The van der Waals surface area contributed by atoms with E-state index in [-0.39, 0.29) is 30.6 Å². The van der Waals surface area contributed by atoms with Gasteiger partial charge < -0.3 is 4.74 Å². The van der Waals surface area contributed by atoms with Crippen LogP contribution in [0.2, 0.25) is 0 Å². The number of hydrogen-bond acceptors (Lipinski definition) is 1. The second-order valence-corrected chi connectivity index (χ2v) is 6.30. The van der Waals surface area contributed by atoms with Gasteiger partial charge in [0.25, 0.3) is 0 Å². The molecule has 0 spiro atoms. The summed E-state index contributed by atoms with van der Waals surface area (Å²) in [7, 11) is 0. The maximum absolute atomic E-state index is 13.8. The molecule has 3 rings (SSSR count). The summed E-state index contributed by atoms with van der Waals surface area (Å²) in [5, 5.41) is 0. The van der Waals surface area contributed by atoms with Crippen molar-refractivity contribution in [1.82, 2.24) is 0 Å². The van der Waals surface area contributed by atoms with Crippen LogP contribution in [-0.4, -0.2) is 19.1 Å². The fourth-order valence-electron chi connectivity index (χ4n) is 3.29. The van der Waals surface area contributed by atoms with Crippen LogP contribution in [0.5, 0.6) is 0 Å². The fraction of sp³-hybridized carbons (Fsp3) is 0.571. The average molecular weight is 317 g/mol. The largest absolute Gasteiger partial charge is 0.381 e. The number of ether oxygens (including phenoxy) is 1. The molecule has 98 valence electrons. The van der Waals surface area contributed by atoms with Crippen molar-refractivity contribution in [2.45, 2.75) is 24.7 Å². The van der Waals surface area contributed by atoms with Crippen molar-refractivity contribution in [2.75, 3.05) is 13.2 Å². The third-order valence-electron chi connectivity index (χ3n) is 4.14. The number of benzene rings is 1. The average Bonchev–Trinajstić information content (AvgIpc) is 2.75. The highest BCUT2D eigenvalue weighted by molar-refractivity contribution is 9.10. The van der Waals surface area contributed by atoms with E-state index >= 15 is 0 Å². The van der Waals surface area contributed by atoms with Crippen molar-refractivity contribution in [2.24, 2.45) is 11.8 Å². The first-order chi connectivity index (χ1) is 8.55. The van der Waals surface area contributed by atoms with Gasteiger partial charge in [-0.05, 0) is 35.4 Å². The standard InChI is InChI=1S/C14H15BrF2O/c15-11-3-1-9(2-4-11)12-6-14(16,17)5-10-7-18-8-13(10)12/h1-4,10,12-13H,5-8H2/t10?,12-,13-/m1/s1. The molecule has 1 aromatic carbocycles. The highest BCUT2D eigenvalue weighted by Gasteiger charge is 2.49. The predicted molar refractivity (Wildman–Crippen MR) is 68.9 cm³/mol. The van der Waals surface area contributed by atoms with Crippen LogP contribution in [0.4, 0.5) is 8.78 Å². The molecule has 4 heteroatoms. The molecule has 18 heavy (non-hydrogen) atoms. The molecule has 1 saturated heterocycles. The number of hydrogen-bond donors (Lipinski definition) is 0. The third-order valence-corrected chi connectivity index (χ3v) is 4.67. The molecular weight excluding hydrogens is 302 g/mol. The summed E-state index contributed by atoms with van der Waals surface area (Å²) in [6, 6.07) is 7.75. The lowest BCUT2D eigenvalue weighted by Crippen LogP contribution is -2.37. The summed E-state index contributed by atoms with van der Waals surface area (Å²) in [6.45, 7) is 1.12. The Hall–Kier alpha value is -0.480. The number of halogens is 3. The number of fused-ring (bicyclic) bond motifs is 1. The summed E-state index contributed by atoms with van der Waals surface area (Å²) in [6.07, 6.45) is -0.0517. The van der Waals surface area contributed by atoms with Gasteiger partial charge >= 0.3 is 0 Å². The van der Waals surface area contributed by atoms with Crippen LogP contribution in [0.25, 0.3) is 0 Å². The van der Waals surface area contributed by atoms with Gasteiger partial charge in [-0.25, -0.2) is 8.78 Å². The van der Waals surface area contributed by atoms with E-state index in [1.807, 2.05) is 24.3 Å². The van der Waals surface area contributed by atoms with Crippen LogP contribution in [0, 0.1) is 11.8 Å². The van der Waals surface area contributed by atoms with E-state index in [1.165, 1.54) is 0 Å². The fourth-order valence-corrected chi connectivity index (χ4v) is 3.55. The SMILES string of the molecule is FC1(F)CC2COC[C@H]2[C@@H](c2ccc(Br)cc2)C1. The minimum Gasteiger partial charge on any atom is -0.381 e. The first-order valence-electron chi connectivity index (χ1n) is 6.26. The van der Waals surface area contributed by atoms with E-state index in [0.717, 1.165) is 10.0 Å². The molecule has 1 heterocycles. The van der Waals surface area contributed by atoms with E-state index in [2.05, 4.69) is 15.9 Å². The zero-order valence-corrected chi connectivity index (χ0v) is 11.5. The zero-order chi connectivity index (χ0) is 12.8. The van der Waals surface area contributed by atoms with Crippen molar-refractivity contribution in [3.8, 4) is 0 Å². The van der Waals surface area contributed by atoms with E-state index in [1.54, 1.807) is 0 Å². The molecule has 2 fully saturated rings. The molecule has 1 aliphatic heterocycles. The van der Waals surface area contributed by atoms with Crippen molar-refractivity contribution >= 4 is 15.9 Å². The smallest absolute Gasteiger partial charge is 0.249 e. The summed E-state index contributed by atoms with van der Waals surface area (Å²) in [4.78, 5) is 0. The first kappa shape index (κ1) is 12.5. The Morgan fingerprint density at radius 2 is 1.83 bits per heavy atom. The molecule has 2 aliphatic rings. The Morgan fingerprint density at radius 3 is 2.56 bits per heavy atom. The molecule has 1 aromatic rings. The number of rotatable bonds is 1. The molecule has 0 N–H and O–H groups in total. The molecule has 1 aliphatic carbocycles. The predicted octanol–water partition coefficient (Wildman–Crippen LogP) is 4.22. The Morgan fingerprint density at radius 1 is 1.11 bits per heavy atom. The van der Waals surface area contributed by atoms with Crippen LogP contribution >= 0.6 is 15.9 Å². The molecule has 0 bridgehead atoms. The molecule has 0 aromatic heterocycles. The van der Waals surface area contributed by atoms with Crippen molar-refractivity contribution in [1.29, 1.82) is 0 Å². The normalized spacial score (nSPS) is 34.3. The van der Waals surface area contributed by atoms with Crippen LogP contribution < -0.4 is 0 Å². The lowest BCUT2D eigenvalue weighted by Gasteiger charge is -2.37. The summed E-state index contributed by atoms with van der Waals surface area (Å²) in [5.41, 5.74) is 1.01. The highest BCUT2D eigenvalue weighted by atomic mass is 79.9. The maximum atomic E-state index is 13.8. The monoisotopic (exact) mass is 316 g/mol. The Bertz CT molecular complexity index is 432. The van der Waals surface area contributed by atoms with Crippen molar-refractivity contribution in [3.63, 3.8) is 0 Å². The minimum absolute atomic E-state index is 0.00923. The second kappa shape index (κ2) is 4.57. The second-order valence-electron chi connectivity index (χ2n) is 5.38. The van der Waals surface area contributed by atoms with E-state index in [0.29, 0.717) is 13.2 Å². The van der Waals surface area contributed by atoms with Gasteiger partial charge in [-0.3, -0.25) is 0 Å². The molecule has 0 radical (unpaired) electrons. The van der Waals surface area contributed by atoms with Crippen LogP contribution in [0.3, 0.4) is 0 Å². The topological polar surface area (TPSA) is 9.23 Å². The first-order valence-corrected chi connectivity index (χ1v) is 7.05. The number of alkyl halides is 2. The highest BCUT2D eigenvalue weighted by Crippen LogP contribution is 2.50. The van der Waals surface area contributed by atoms with Crippen LogP contribution in [0.1, 0.15) is 24.3 Å². The lowest BCUT2D eigenvalue weighted by atomic mass is 9.69. The van der Waals surface area contributed by atoms with Gasteiger partial charge in [0.1, 0.15) is 0 Å². The molecule has 0 amide bonds. The van der Waals surface area contributed by atoms with Crippen molar-refractivity contribution < 1.29 is 13.5 Å². The van der Waals surface area contributed by atoms with E-state index in [4.69, 9.17) is 4.74 Å². The molecule has 1 unspecified atom stereocenters.